The molecule has 0 bridgehead atoms. The second kappa shape index (κ2) is 7.41. The highest BCUT2D eigenvalue weighted by Gasteiger charge is 2.28. The highest BCUT2D eigenvalue weighted by atomic mass is 32.2. The van der Waals surface area contributed by atoms with Crippen molar-refractivity contribution in [2.45, 2.75) is 30.6 Å². The van der Waals surface area contributed by atoms with E-state index in [0.717, 1.165) is 36.8 Å². The Hall–Kier alpha value is -2.64. The molecule has 146 valence electrons. The minimum atomic E-state index is -3.63. The molecule has 0 saturated carbocycles. The van der Waals surface area contributed by atoms with Crippen LogP contribution >= 0.6 is 0 Å². The Morgan fingerprint density at radius 1 is 1.07 bits per heavy atom. The van der Waals surface area contributed by atoms with Crippen molar-refractivity contribution < 1.29 is 18.3 Å². The number of rotatable bonds is 4. The molecule has 1 saturated heterocycles. The topological polar surface area (TPSA) is 86.7 Å². The van der Waals surface area contributed by atoms with Crippen LogP contribution < -0.4 is 5.32 Å². The van der Waals surface area contributed by atoms with E-state index in [1.807, 2.05) is 18.2 Å². The minimum absolute atomic E-state index is 0.0677. The molecule has 4 rings (SSSR count). The van der Waals surface area contributed by atoms with Gasteiger partial charge in [0.2, 0.25) is 10.0 Å². The fraction of sp³-hybridized carbons (Fsp3) is 0.286. The first-order chi connectivity index (χ1) is 13.4. The molecule has 0 aromatic heterocycles. The molecular formula is C21H22N2O4S. The molecule has 1 aliphatic heterocycles. The van der Waals surface area contributed by atoms with Crippen molar-refractivity contribution in [3.8, 4) is 5.75 Å². The van der Waals surface area contributed by atoms with Gasteiger partial charge in [-0.3, -0.25) is 4.79 Å². The number of phenols is 1. The number of anilines is 1. The number of benzene rings is 2. The molecule has 28 heavy (non-hydrogen) atoms. The first-order valence-corrected chi connectivity index (χ1v) is 10.8. The van der Waals surface area contributed by atoms with Crippen molar-refractivity contribution in [1.29, 1.82) is 0 Å². The van der Waals surface area contributed by atoms with Crippen LogP contribution in [0.2, 0.25) is 0 Å². The number of aromatic hydroxyl groups is 1. The van der Waals surface area contributed by atoms with Crippen molar-refractivity contribution >= 4 is 27.7 Å². The normalized spacial score (nSPS) is 16.7. The van der Waals surface area contributed by atoms with Crippen LogP contribution in [0.25, 0.3) is 6.08 Å². The van der Waals surface area contributed by atoms with Crippen LogP contribution in [0.5, 0.6) is 5.75 Å². The summed E-state index contributed by atoms with van der Waals surface area (Å²) in [6, 6.07) is 9.46. The number of hydrogen-bond acceptors (Lipinski definition) is 4. The number of amides is 1. The number of phenolic OH excluding ortho intramolecular Hbond substituents is 1. The van der Waals surface area contributed by atoms with Gasteiger partial charge in [0.25, 0.3) is 5.91 Å². The van der Waals surface area contributed by atoms with Gasteiger partial charge < -0.3 is 10.4 Å². The van der Waals surface area contributed by atoms with Crippen LogP contribution in [-0.2, 0) is 16.4 Å². The van der Waals surface area contributed by atoms with Gasteiger partial charge in [-0.25, -0.2) is 8.42 Å². The molecule has 1 amide bonds. The van der Waals surface area contributed by atoms with Gasteiger partial charge >= 0.3 is 0 Å². The van der Waals surface area contributed by atoms with E-state index >= 15 is 0 Å². The number of nitrogens with zero attached hydrogens (tertiary/aromatic N) is 1. The Kier molecular flexibility index (Phi) is 4.95. The van der Waals surface area contributed by atoms with E-state index in [9.17, 15) is 18.3 Å². The molecule has 2 aromatic rings. The van der Waals surface area contributed by atoms with Gasteiger partial charge in [-0.05, 0) is 67.1 Å². The van der Waals surface area contributed by atoms with Crippen LogP contribution in [0.3, 0.4) is 0 Å². The number of allylic oxidation sites excluding steroid dienone is 1. The zero-order valence-corrected chi connectivity index (χ0v) is 16.2. The van der Waals surface area contributed by atoms with Gasteiger partial charge in [0.1, 0.15) is 5.75 Å². The standard InChI is InChI=1S/C21H22N2O4S/c24-20-10-9-18(28(26,27)23-11-3-4-12-23)14-19(20)22-21(25)17-8-7-15-5-1-2-6-16(15)13-17/h1,5,7-10,13-14,24H,2-4,6,11-12H2,(H,22,25). The highest BCUT2D eigenvalue weighted by molar-refractivity contribution is 7.89. The fourth-order valence-electron chi connectivity index (χ4n) is 3.62. The van der Waals surface area contributed by atoms with Crippen LogP contribution in [0.15, 0.2) is 47.4 Å². The molecule has 7 heteroatoms. The Bertz CT molecular complexity index is 1050. The maximum absolute atomic E-state index is 12.7. The molecule has 1 fully saturated rings. The number of nitrogens with one attached hydrogen (secondary N) is 1. The molecule has 2 aromatic carbocycles. The van der Waals surface area contributed by atoms with E-state index in [0.29, 0.717) is 18.7 Å². The number of aryl methyl sites for hydroxylation is 1. The molecule has 6 nitrogen and oxygen atoms in total. The molecule has 0 unspecified atom stereocenters. The maximum Gasteiger partial charge on any atom is 0.255 e. The summed E-state index contributed by atoms with van der Waals surface area (Å²) in [5, 5.41) is 12.8. The number of fused-ring (bicyclic) bond motifs is 1. The van der Waals surface area contributed by atoms with Gasteiger partial charge in [-0.15, -0.1) is 0 Å². The molecule has 1 aliphatic carbocycles. The third-order valence-electron chi connectivity index (χ3n) is 5.20. The quantitative estimate of drug-likeness (QED) is 0.773. The van der Waals surface area contributed by atoms with Gasteiger partial charge in [0.05, 0.1) is 10.6 Å². The van der Waals surface area contributed by atoms with Crippen molar-refractivity contribution in [3.63, 3.8) is 0 Å². The Labute approximate surface area is 164 Å². The third-order valence-corrected chi connectivity index (χ3v) is 7.10. The lowest BCUT2D eigenvalue weighted by Gasteiger charge is -2.17. The lowest BCUT2D eigenvalue weighted by Crippen LogP contribution is -2.28. The summed E-state index contributed by atoms with van der Waals surface area (Å²) in [5.74, 6) is -0.557. The summed E-state index contributed by atoms with van der Waals surface area (Å²) in [4.78, 5) is 12.7. The molecule has 0 spiro atoms. The SMILES string of the molecule is O=C(Nc1cc(S(=O)(=O)N2CCCC2)ccc1O)c1ccc2c(c1)CCC=C2. The van der Waals surface area contributed by atoms with E-state index in [4.69, 9.17) is 0 Å². The summed E-state index contributed by atoms with van der Waals surface area (Å²) in [7, 11) is -3.63. The Morgan fingerprint density at radius 2 is 1.86 bits per heavy atom. The monoisotopic (exact) mass is 398 g/mol. The molecular weight excluding hydrogens is 376 g/mol. The minimum Gasteiger partial charge on any atom is -0.506 e. The summed E-state index contributed by atoms with van der Waals surface area (Å²) in [5.41, 5.74) is 2.76. The molecule has 0 atom stereocenters. The molecule has 2 aliphatic rings. The number of hydrogen-bond donors (Lipinski definition) is 2. The fourth-order valence-corrected chi connectivity index (χ4v) is 5.17. The Balaban J connectivity index is 1.59. The lowest BCUT2D eigenvalue weighted by molar-refractivity contribution is 0.102. The second-order valence-corrected chi connectivity index (χ2v) is 9.04. The van der Waals surface area contributed by atoms with E-state index < -0.39 is 10.0 Å². The largest absolute Gasteiger partial charge is 0.506 e. The van der Waals surface area contributed by atoms with Crippen LogP contribution in [0.4, 0.5) is 5.69 Å². The summed E-state index contributed by atoms with van der Waals surface area (Å²) in [6.07, 6.45) is 7.64. The number of sulfonamides is 1. The van der Waals surface area contributed by atoms with E-state index in [-0.39, 0.29) is 22.2 Å². The summed E-state index contributed by atoms with van der Waals surface area (Å²) in [6.45, 7) is 0.989. The van der Waals surface area contributed by atoms with Crippen molar-refractivity contribution in [2.24, 2.45) is 0 Å². The predicted octanol–water partition coefficient (Wildman–Crippen LogP) is 3.39. The van der Waals surface area contributed by atoms with Gasteiger partial charge in [-0.1, -0.05) is 18.2 Å². The van der Waals surface area contributed by atoms with Crippen molar-refractivity contribution in [1.82, 2.24) is 4.31 Å². The number of carbonyl (C=O) groups excluding carboxylic acids is 1. The molecule has 1 heterocycles. The zero-order valence-electron chi connectivity index (χ0n) is 15.4. The van der Waals surface area contributed by atoms with E-state index in [1.54, 1.807) is 6.07 Å². The van der Waals surface area contributed by atoms with Crippen LogP contribution in [0, 0.1) is 0 Å². The zero-order chi connectivity index (χ0) is 19.7. The van der Waals surface area contributed by atoms with Gasteiger partial charge in [0, 0.05) is 18.7 Å². The molecule has 2 N–H and O–H groups in total. The van der Waals surface area contributed by atoms with Crippen LogP contribution in [-0.4, -0.2) is 36.8 Å². The average Bonchev–Trinajstić information content (AvgIpc) is 3.25. The maximum atomic E-state index is 12.7. The van der Waals surface area contributed by atoms with Crippen LogP contribution in [0.1, 0.15) is 40.7 Å². The van der Waals surface area contributed by atoms with Crippen molar-refractivity contribution in [2.75, 3.05) is 18.4 Å². The van der Waals surface area contributed by atoms with E-state index in [1.165, 1.54) is 22.5 Å². The summed E-state index contributed by atoms with van der Waals surface area (Å²) >= 11 is 0. The van der Waals surface area contributed by atoms with E-state index in [2.05, 4.69) is 11.4 Å². The smallest absolute Gasteiger partial charge is 0.255 e. The first kappa shape index (κ1) is 18.7. The molecule has 0 radical (unpaired) electrons. The highest BCUT2D eigenvalue weighted by Crippen LogP contribution is 2.30. The predicted molar refractivity (Wildman–Crippen MR) is 108 cm³/mol. The first-order valence-electron chi connectivity index (χ1n) is 9.39. The Morgan fingerprint density at radius 3 is 2.64 bits per heavy atom. The average molecular weight is 398 g/mol. The summed E-state index contributed by atoms with van der Waals surface area (Å²) < 4.78 is 26.9. The third kappa shape index (κ3) is 3.55. The lowest BCUT2D eigenvalue weighted by atomic mass is 9.95. The van der Waals surface area contributed by atoms with Gasteiger partial charge in [-0.2, -0.15) is 4.31 Å². The van der Waals surface area contributed by atoms with Gasteiger partial charge in [0.15, 0.2) is 0 Å². The number of carbonyl (C=O) groups is 1. The van der Waals surface area contributed by atoms with Crippen molar-refractivity contribution in [3.05, 3.63) is 59.2 Å². The second-order valence-electron chi connectivity index (χ2n) is 7.10.